The zero-order valence-electron chi connectivity index (χ0n) is 10.5. The fraction of sp³-hybridized carbons (Fsp3) is 0.357. The number of fused-ring (bicyclic) bond motifs is 1. The third-order valence-corrected chi connectivity index (χ3v) is 3.56. The van der Waals surface area contributed by atoms with E-state index in [4.69, 9.17) is 0 Å². The van der Waals surface area contributed by atoms with E-state index in [-0.39, 0.29) is 5.91 Å². The van der Waals surface area contributed by atoms with Crippen LogP contribution < -0.4 is 0 Å². The second-order valence-electron chi connectivity index (χ2n) is 4.80. The summed E-state index contributed by atoms with van der Waals surface area (Å²) >= 11 is 0. The van der Waals surface area contributed by atoms with Gasteiger partial charge < -0.3 is 0 Å². The van der Waals surface area contributed by atoms with E-state index in [0.29, 0.717) is 24.1 Å². The number of nitrogens with zero attached hydrogens (tertiary/aromatic N) is 2. The third kappa shape index (κ3) is 1.82. The van der Waals surface area contributed by atoms with Gasteiger partial charge in [0.15, 0.2) is 0 Å². The molecule has 0 N–H and O–H groups in total. The van der Waals surface area contributed by atoms with Gasteiger partial charge in [0.1, 0.15) is 0 Å². The number of imide groups is 1. The van der Waals surface area contributed by atoms with E-state index in [9.17, 15) is 14.4 Å². The SMILES string of the molecule is O=C1CCCCCN1N1C(=O)c2ccccc2C1=O. The molecule has 98 valence electrons. The first-order valence-corrected chi connectivity index (χ1v) is 6.48. The summed E-state index contributed by atoms with van der Waals surface area (Å²) in [4.78, 5) is 36.6. The van der Waals surface area contributed by atoms with Gasteiger partial charge >= 0.3 is 0 Å². The average molecular weight is 258 g/mol. The standard InChI is InChI=1S/C14H14N2O3/c17-12-8-2-1-5-9-15(12)16-13(18)10-6-3-4-7-11(10)14(16)19/h3-4,6-7H,1-2,5,8-9H2. The highest BCUT2D eigenvalue weighted by molar-refractivity contribution is 6.21. The molecule has 0 aliphatic carbocycles. The zero-order valence-corrected chi connectivity index (χ0v) is 10.5. The van der Waals surface area contributed by atoms with Crippen molar-refractivity contribution in [3.63, 3.8) is 0 Å². The summed E-state index contributed by atoms with van der Waals surface area (Å²) in [5, 5.41) is 2.33. The molecule has 0 radical (unpaired) electrons. The Morgan fingerprint density at radius 3 is 2.11 bits per heavy atom. The maximum Gasteiger partial charge on any atom is 0.280 e. The molecule has 0 atom stereocenters. The van der Waals surface area contributed by atoms with Crippen molar-refractivity contribution in [2.45, 2.75) is 25.7 Å². The highest BCUT2D eigenvalue weighted by Crippen LogP contribution is 2.26. The van der Waals surface area contributed by atoms with Gasteiger partial charge in [0.25, 0.3) is 11.8 Å². The van der Waals surface area contributed by atoms with Crippen molar-refractivity contribution in [3.05, 3.63) is 35.4 Å². The van der Waals surface area contributed by atoms with Crippen LogP contribution in [0.3, 0.4) is 0 Å². The molecule has 5 heteroatoms. The Morgan fingerprint density at radius 2 is 1.47 bits per heavy atom. The smallest absolute Gasteiger partial charge is 0.273 e. The Bertz CT molecular complexity index is 533. The second-order valence-corrected chi connectivity index (χ2v) is 4.80. The molecule has 0 spiro atoms. The predicted octanol–water partition coefficient (Wildman–Crippen LogP) is 1.60. The van der Waals surface area contributed by atoms with Gasteiger partial charge in [-0.05, 0) is 25.0 Å². The largest absolute Gasteiger partial charge is 0.280 e. The lowest BCUT2D eigenvalue weighted by Crippen LogP contribution is -2.49. The minimum absolute atomic E-state index is 0.146. The molecule has 3 amide bonds. The van der Waals surface area contributed by atoms with Crippen LogP contribution in [0.5, 0.6) is 0 Å². The Kier molecular flexibility index (Phi) is 2.81. The van der Waals surface area contributed by atoms with Gasteiger partial charge in [-0.2, -0.15) is 5.01 Å². The molecule has 0 bridgehead atoms. The molecule has 5 nitrogen and oxygen atoms in total. The van der Waals surface area contributed by atoms with Gasteiger partial charge in [-0.25, -0.2) is 5.01 Å². The molecule has 3 rings (SSSR count). The quantitative estimate of drug-likeness (QED) is 0.719. The molecule has 1 aromatic carbocycles. The number of rotatable bonds is 1. The number of carbonyl (C=O) groups is 3. The second kappa shape index (κ2) is 4.50. The highest BCUT2D eigenvalue weighted by Gasteiger charge is 2.41. The summed E-state index contributed by atoms with van der Waals surface area (Å²) in [6.45, 7) is 0.435. The van der Waals surface area contributed by atoms with Crippen molar-refractivity contribution >= 4 is 17.7 Å². The lowest BCUT2D eigenvalue weighted by molar-refractivity contribution is -0.140. The maximum atomic E-state index is 12.3. The van der Waals surface area contributed by atoms with Crippen LogP contribution in [-0.2, 0) is 4.79 Å². The van der Waals surface area contributed by atoms with Crippen molar-refractivity contribution in [3.8, 4) is 0 Å². The summed E-state index contributed by atoms with van der Waals surface area (Å²) in [7, 11) is 0. The van der Waals surface area contributed by atoms with E-state index < -0.39 is 11.8 Å². The summed E-state index contributed by atoms with van der Waals surface area (Å²) < 4.78 is 0. The molecule has 1 saturated heterocycles. The van der Waals surface area contributed by atoms with Crippen molar-refractivity contribution in [1.82, 2.24) is 10.0 Å². The Morgan fingerprint density at radius 1 is 0.842 bits per heavy atom. The first-order valence-electron chi connectivity index (χ1n) is 6.48. The Hall–Kier alpha value is -2.17. The number of hydrazine groups is 1. The summed E-state index contributed by atoms with van der Waals surface area (Å²) in [6, 6.07) is 6.69. The van der Waals surface area contributed by atoms with E-state index in [0.717, 1.165) is 24.3 Å². The molecular formula is C14H14N2O3. The van der Waals surface area contributed by atoms with Crippen LogP contribution in [0.1, 0.15) is 46.4 Å². The first kappa shape index (κ1) is 11.9. The van der Waals surface area contributed by atoms with Crippen LogP contribution in [0.15, 0.2) is 24.3 Å². The monoisotopic (exact) mass is 258 g/mol. The molecule has 2 aliphatic heterocycles. The van der Waals surface area contributed by atoms with Crippen LogP contribution in [0.2, 0.25) is 0 Å². The van der Waals surface area contributed by atoms with E-state index in [1.165, 1.54) is 5.01 Å². The van der Waals surface area contributed by atoms with Gasteiger partial charge in [0.05, 0.1) is 11.1 Å². The molecule has 0 unspecified atom stereocenters. The fourth-order valence-corrected chi connectivity index (χ4v) is 2.58. The van der Waals surface area contributed by atoms with E-state index in [1.54, 1.807) is 24.3 Å². The number of amides is 3. The van der Waals surface area contributed by atoms with Gasteiger partial charge in [0, 0.05) is 13.0 Å². The lowest BCUT2D eigenvalue weighted by atomic mass is 10.1. The molecule has 1 aromatic rings. The van der Waals surface area contributed by atoms with Gasteiger partial charge in [0.2, 0.25) is 5.91 Å². The summed E-state index contributed by atoms with van der Waals surface area (Å²) in [6.07, 6.45) is 2.98. The van der Waals surface area contributed by atoms with Crippen LogP contribution in [0.4, 0.5) is 0 Å². The molecule has 2 aliphatic rings. The molecular weight excluding hydrogens is 244 g/mol. The topological polar surface area (TPSA) is 57.7 Å². The van der Waals surface area contributed by atoms with Crippen LogP contribution in [0, 0.1) is 0 Å². The molecule has 2 heterocycles. The van der Waals surface area contributed by atoms with E-state index in [1.807, 2.05) is 0 Å². The van der Waals surface area contributed by atoms with Gasteiger partial charge in [-0.1, -0.05) is 18.6 Å². The average Bonchev–Trinajstić information content (AvgIpc) is 2.57. The molecule has 1 fully saturated rings. The number of carbonyl (C=O) groups excluding carboxylic acids is 3. The van der Waals surface area contributed by atoms with E-state index in [2.05, 4.69) is 0 Å². The highest BCUT2D eigenvalue weighted by atomic mass is 16.2. The van der Waals surface area contributed by atoms with Crippen LogP contribution >= 0.6 is 0 Å². The zero-order chi connectivity index (χ0) is 13.4. The van der Waals surface area contributed by atoms with Crippen molar-refractivity contribution in [2.75, 3.05) is 6.54 Å². The van der Waals surface area contributed by atoms with Crippen LogP contribution in [-0.4, -0.2) is 34.3 Å². The van der Waals surface area contributed by atoms with Crippen molar-refractivity contribution in [2.24, 2.45) is 0 Å². The maximum absolute atomic E-state index is 12.3. The van der Waals surface area contributed by atoms with E-state index >= 15 is 0 Å². The molecule has 0 saturated carbocycles. The minimum atomic E-state index is -0.393. The Labute approximate surface area is 110 Å². The number of hydrogen-bond donors (Lipinski definition) is 0. The lowest BCUT2D eigenvalue weighted by Gasteiger charge is -2.28. The minimum Gasteiger partial charge on any atom is -0.273 e. The van der Waals surface area contributed by atoms with Crippen molar-refractivity contribution < 1.29 is 14.4 Å². The third-order valence-electron chi connectivity index (χ3n) is 3.56. The fourth-order valence-electron chi connectivity index (χ4n) is 2.58. The number of benzene rings is 1. The predicted molar refractivity (Wildman–Crippen MR) is 67.1 cm³/mol. The first-order chi connectivity index (χ1) is 9.20. The normalized spacial score (nSPS) is 19.7. The summed E-state index contributed by atoms with van der Waals surface area (Å²) in [5.41, 5.74) is 0.758. The molecule has 0 aromatic heterocycles. The van der Waals surface area contributed by atoms with Crippen molar-refractivity contribution in [1.29, 1.82) is 0 Å². The molecule has 19 heavy (non-hydrogen) atoms. The Balaban J connectivity index is 1.97. The number of hydrogen-bond acceptors (Lipinski definition) is 3. The van der Waals surface area contributed by atoms with Crippen LogP contribution in [0.25, 0.3) is 0 Å². The van der Waals surface area contributed by atoms with Gasteiger partial charge in [-0.15, -0.1) is 0 Å². The van der Waals surface area contributed by atoms with Gasteiger partial charge in [-0.3, -0.25) is 14.4 Å². The summed E-state index contributed by atoms with van der Waals surface area (Å²) in [5.74, 6) is -0.932.